The van der Waals surface area contributed by atoms with Crippen molar-refractivity contribution in [3.63, 3.8) is 0 Å². The number of phenols is 1. The number of ether oxygens (including phenoxy) is 3. The Kier molecular flexibility index (Phi) is 7.36. The monoisotopic (exact) mass is 506 g/mol. The molecule has 0 aliphatic rings. The topological polar surface area (TPSA) is 91.3 Å². The van der Waals surface area contributed by atoms with E-state index in [1.807, 2.05) is 48.5 Å². The zero-order valence-corrected chi connectivity index (χ0v) is 20.9. The lowest BCUT2D eigenvalue weighted by Gasteiger charge is -2.17. The Balaban J connectivity index is 1.64. The predicted octanol–water partition coefficient (Wildman–Crippen LogP) is 5.66. The quantitative estimate of drug-likeness (QED) is 0.293. The number of rotatable bonds is 9. The lowest BCUT2D eigenvalue weighted by Crippen LogP contribution is -2.05. The summed E-state index contributed by atoms with van der Waals surface area (Å²) < 4.78 is 44.8. The van der Waals surface area contributed by atoms with Crippen molar-refractivity contribution in [3.05, 3.63) is 90.5 Å². The van der Waals surface area contributed by atoms with Gasteiger partial charge < -0.3 is 23.5 Å². The summed E-state index contributed by atoms with van der Waals surface area (Å²) in [6.45, 7) is 0.336. The fraction of sp³-hybridized carbons (Fsp3) is 0.143. The summed E-state index contributed by atoms with van der Waals surface area (Å²) in [7, 11) is -0.491. The van der Waals surface area contributed by atoms with Crippen LogP contribution in [0.15, 0.2) is 84.9 Å². The average molecular weight is 507 g/mol. The lowest BCUT2D eigenvalue weighted by atomic mass is 9.97. The third-order valence-corrected chi connectivity index (χ3v) is 5.92. The number of aromatic hydroxyl groups is 1. The van der Waals surface area contributed by atoms with E-state index in [9.17, 15) is 13.5 Å². The van der Waals surface area contributed by atoms with Gasteiger partial charge in [-0.2, -0.15) is 8.42 Å². The van der Waals surface area contributed by atoms with E-state index in [1.165, 1.54) is 0 Å². The van der Waals surface area contributed by atoms with Crippen LogP contribution in [0.2, 0.25) is 0 Å². The van der Waals surface area contributed by atoms with Crippen LogP contribution in [-0.4, -0.2) is 34.0 Å². The zero-order valence-electron chi connectivity index (χ0n) is 20.1. The summed E-state index contributed by atoms with van der Waals surface area (Å²) in [5, 5.41) is 10.6. The van der Waals surface area contributed by atoms with E-state index >= 15 is 0 Å². The molecule has 4 rings (SSSR count). The molecule has 7 nitrogen and oxygen atoms in total. The normalized spacial score (nSPS) is 11.1. The van der Waals surface area contributed by atoms with Gasteiger partial charge in [0, 0.05) is 0 Å². The van der Waals surface area contributed by atoms with Gasteiger partial charge in [-0.25, -0.2) is 0 Å². The second-order valence-corrected chi connectivity index (χ2v) is 9.60. The van der Waals surface area contributed by atoms with E-state index < -0.39 is 10.1 Å². The highest BCUT2D eigenvalue weighted by Gasteiger charge is 2.18. The van der Waals surface area contributed by atoms with Crippen LogP contribution in [0.25, 0.3) is 22.3 Å². The van der Waals surface area contributed by atoms with Gasteiger partial charge in [-0.05, 0) is 58.7 Å². The maximum Gasteiger partial charge on any atom is 0.306 e. The van der Waals surface area contributed by atoms with Gasteiger partial charge >= 0.3 is 10.1 Å². The van der Waals surface area contributed by atoms with Gasteiger partial charge in [0.05, 0.1) is 26.0 Å². The maximum atomic E-state index is 11.4. The molecule has 0 amide bonds. The Bertz CT molecular complexity index is 1420. The minimum absolute atomic E-state index is 0.00178. The van der Waals surface area contributed by atoms with Crippen LogP contribution in [0, 0.1) is 0 Å². The molecule has 0 saturated carbocycles. The van der Waals surface area contributed by atoms with Gasteiger partial charge in [-0.15, -0.1) is 0 Å². The second kappa shape index (κ2) is 10.6. The second-order valence-electron chi connectivity index (χ2n) is 8.02. The van der Waals surface area contributed by atoms with Gasteiger partial charge in [-0.3, -0.25) is 0 Å². The first-order chi connectivity index (χ1) is 17.3. The first kappa shape index (κ1) is 24.9. The number of phenolic OH excluding ortho intramolecular Hbond substituents is 1. The lowest BCUT2D eigenvalue weighted by molar-refractivity contribution is 0.289. The first-order valence-corrected chi connectivity index (χ1v) is 12.8. The predicted molar refractivity (Wildman–Crippen MR) is 138 cm³/mol. The number of hydrogen-bond acceptors (Lipinski definition) is 7. The molecule has 0 heterocycles. The van der Waals surface area contributed by atoms with Crippen LogP contribution in [-0.2, 0) is 16.7 Å². The van der Waals surface area contributed by atoms with E-state index in [-0.39, 0.29) is 11.5 Å². The Labute approximate surface area is 210 Å². The van der Waals surface area contributed by atoms with Gasteiger partial charge in [0.2, 0.25) is 0 Å². The fourth-order valence-electron chi connectivity index (χ4n) is 3.77. The Hall–Kier alpha value is -4.17. The molecule has 4 aromatic carbocycles. The highest BCUT2D eigenvalue weighted by atomic mass is 32.2. The van der Waals surface area contributed by atoms with Gasteiger partial charge in [0.1, 0.15) is 23.9 Å². The van der Waals surface area contributed by atoms with Gasteiger partial charge in [0.25, 0.3) is 0 Å². The Morgan fingerprint density at radius 3 is 1.89 bits per heavy atom. The molecule has 0 aliphatic carbocycles. The Morgan fingerprint density at radius 2 is 1.33 bits per heavy atom. The summed E-state index contributed by atoms with van der Waals surface area (Å²) >= 11 is 0. The smallest absolute Gasteiger partial charge is 0.306 e. The van der Waals surface area contributed by atoms with Crippen molar-refractivity contribution in [3.8, 4) is 51.0 Å². The van der Waals surface area contributed by atoms with E-state index in [0.717, 1.165) is 22.9 Å². The zero-order chi connectivity index (χ0) is 25.7. The summed E-state index contributed by atoms with van der Waals surface area (Å²) in [4.78, 5) is 0. The largest absolute Gasteiger partial charge is 0.504 e. The molecule has 0 atom stereocenters. The number of methoxy groups -OCH3 is 2. The van der Waals surface area contributed by atoms with Gasteiger partial charge in [0.15, 0.2) is 11.5 Å². The van der Waals surface area contributed by atoms with Crippen molar-refractivity contribution in [1.29, 1.82) is 0 Å². The van der Waals surface area contributed by atoms with Crippen LogP contribution in [0.4, 0.5) is 0 Å². The molecule has 0 spiro atoms. The highest BCUT2D eigenvalue weighted by Crippen LogP contribution is 2.44. The van der Waals surface area contributed by atoms with Crippen molar-refractivity contribution in [1.82, 2.24) is 0 Å². The van der Waals surface area contributed by atoms with Crippen molar-refractivity contribution in [2.24, 2.45) is 0 Å². The molecule has 0 aromatic heterocycles. The minimum atomic E-state index is -3.61. The summed E-state index contributed by atoms with van der Waals surface area (Å²) in [6, 6.07) is 25.2. The van der Waals surface area contributed by atoms with Crippen molar-refractivity contribution in [2.75, 3.05) is 20.5 Å². The standard InChI is InChI=1S/C28H26O7S/c1-32-26-16-22(20-9-12-23(13-10-20)35-36(3,30)31)17-27(33-2)28(26)21-11-14-25(24(29)15-21)34-18-19-7-5-4-6-8-19/h4-17,29H,18H2,1-3H3. The van der Waals surface area contributed by atoms with Gasteiger partial charge in [-0.1, -0.05) is 48.5 Å². The fourth-order valence-corrected chi connectivity index (χ4v) is 4.23. The average Bonchev–Trinajstić information content (AvgIpc) is 2.87. The van der Waals surface area contributed by atoms with Crippen LogP contribution in [0.1, 0.15) is 5.56 Å². The molecule has 0 radical (unpaired) electrons. The maximum absolute atomic E-state index is 11.4. The summed E-state index contributed by atoms with van der Waals surface area (Å²) in [6.07, 6.45) is 0.995. The van der Waals surface area contributed by atoms with E-state index in [1.54, 1.807) is 50.6 Å². The molecule has 0 bridgehead atoms. The van der Waals surface area contributed by atoms with Crippen molar-refractivity contribution in [2.45, 2.75) is 6.61 Å². The molecule has 4 aromatic rings. The van der Waals surface area contributed by atoms with Crippen molar-refractivity contribution < 1.29 is 31.9 Å². The SMILES string of the molecule is COc1cc(-c2ccc(OS(C)(=O)=O)cc2)cc(OC)c1-c1ccc(OCc2ccccc2)c(O)c1. The number of hydrogen-bond donors (Lipinski definition) is 1. The van der Waals surface area contributed by atoms with Crippen LogP contribution in [0.5, 0.6) is 28.7 Å². The van der Waals surface area contributed by atoms with Crippen molar-refractivity contribution >= 4 is 10.1 Å². The molecule has 36 heavy (non-hydrogen) atoms. The third-order valence-electron chi connectivity index (χ3n) is 5.43. The molecule has 8 heteroatoms. The third kappa shape index (κ3) is 5.90. The van der Waals surface area contributed by atoms with E-state index in [4.69, 9.17) is 18.4 Å². The molecule has 0 unspecified atom stereocenters. The molecular weight excluding hydrogens is 480 g/mol. The van der Waals surface area contributed by atoms with E-state index in [2.05, 4.69) is 0 Å². The first-order valence-electron chi connectivity index (χ1n) is 11.0. The summed E-state index contributed by atoms with van der Waals surface area (Å²) in [5.41, 5.74) is 3.97. The van der Waals surface area contributed by atoms with Crippen LogP contribution >= 0.6 is 0 Å². The van der Waals surface area contributed by atoms with Crippen LogP contribution in [0.3, 0.4) is 0 Å². The molecule has 0 saturated heterocycles. The highest BCUT2D eigenvalue weighted by molar-refractivity contribution is 7.86. The van der Waals surface area contributed by atoms with E-state index in [0.29, 0.717) is 35.0 Å². The Morgan fingerprint density at radius 1 is 0.722 bits per heavy atom. The molecule has 1 N–H and O–H groups in total. The molecule has 0 fully saturated rings. The minimum Gasteiger partial charge on any atom is -0.504 e. The molecular formula is C28H26O7S. The molecule has 186 valence electrons. The van der Waals surface area contributed by atoms with Crippen LogP contribution < -0.4 is 18.4 Å². The summed E-state index contributed by atoms with van der Waals surface area (Å²) in [5.74, 6) is 1.67. The number of benzene rings is 4. The molecule has 0 aliphatic heterocycles.